The third-order valence-corrected chi connectivity index (χ3v) is 6.24. The Morgan fingerprint density at radius 2 is 1.83 bits per heavy atom. The monoisotopic (exact) mass is 343 g/mol. The van der Waals surface area contributed by atoms with Gasteiger partial charge in [-0.1, -0.05) is 13.8 Å². The molecule has 1 unspecified atom stereocenters. The number of nitrogens with zero attached hydrogens (tertiary/aromatic N) is 2. The van der Waals surface area contributed by atoms with E-state index in [2.05, 4.69) is 19.2 Å². The van der Waals surface area contributed by atoms with E-state index in [1.807, 2.05) is 4.90 Å². The molecule has 3 fully saturated rings. The SMILES string of the molecule is CC(C)C1CCN(C2CCN(C(=O)[C@@H]3CCNC3)CC2(F)F)CC1. The molecule has 24 heavy (non-hydrogen) atoms. The molecule has 0 aromatic heterocycles. The summed E-state index contributed by atoms with van der Waals surface area (Å²) < 4.78 is 29.5. The highest BCUT2D eigenvalue weighted by atomic mass is 19.3. The minimum atomic E-state index is -2.80. The third-order valence-electron chi connectivity index (χ3n) is 6.24. The predicted octanol–water partition coefficient (Wildman–Crippen LogP) is 2.20. The van der Waals surface area contributed by atoms with Crippen LogP contribution in [0.25, 0.3) is 0 Å². The second-order valence-corrected chi connectivity index (χ2v) is 8.13. The van der Waals surface area contributed by atoms with Gasteiger partial charge >= 0.3 is 0 Å². The molecule has 3 saturated heterocycles. The lowest BCUT2D eigenvalue weighted by atomic mass is 9.85. The zero-order valence-electron chi connectivity index (χ0n) is 14.9. The van der Waals surface area contributed by atoms with E-state index in [9.17, 15) is 13.6 Å². The molecule has 1 N–H and O–H groups in total. The largest absolute Gasteiger partial charge is 0.336 e. The third kappa shape index (κ3) is 3.74. The Bertz CT molecular complexity index is 444. The smallest absolute Gasteiger partial charge is 0.280 e. The van der Waals surface area contributed by atoms with Gasteiger partial charge in [0.25, 0.3) is 5.92 Å². The first-order valence-corrected chi connectivity index (χ1v) is 9.50. The molecule has 3 aliphatic rings. The number of amides is 1. The molecule has 0 saturated carbocycles. The molecule has 1 amide bonds. The molecule has 3 aliphatic heterocycles. The van der Waals surface area contributed by atoms with Gasteiger partial charge in [-0.05, 0) is 57.2 Å². The van der Waals surface area contributed by atoms with E-state index in [4.69, 9.17) is 0 Å². The molecule has 0 spiro atoms. The van der Waals surface area contributed by atoms with Crippen molar-refractivity contribution >= 4 is 5.91 Å². The average Bonchev–Trinajstić information content (AvgIpc) is 3.07. The highest BCUT2D eigenvalue weighted by molar-refractivity contribution is 5.79. The van der Waals surface area contributed by atoms with Crippen molar-refractivity contribution in [3.05, 3.63) is 0 Å². The van der Waals surface area contributed by atoms with Gasteiger partial charge in [0.1, 0.15) is 0 Å². The number of likely N-dealkylation sites (tertiary alicyclic amines) is 2. The van der Waals surface area contributed by atoms with Gasteiger partial charge in [-0.2, -0.15) is 0 Å². The van der Waals surface area contributed by atoms with Gasteiger partial charge in [0.05, 0.1) is 18.5 Å². The van der Waals surface area contributed by atoms with Crippen LogP contribution in [-0.2, 0) is 4.79 Å². The molecule has 4 nitrogen and oxygen atoms in total. The van der Waals surface area contributed by atoms with Crippen molar-refractivity contribution in [2.24, 2.45) is 17.8 Å². The highest BCUT2D eigenvalue weighted by Crippen LogP contribution is 2.35. The average molecular weight is 343 g/mol. The first kappa shape index (κ1) is 18.1. The molecule has 3 rings (SSSR count). The van der Waals surface area contributed by atoms with Crippen LogP contribution in [-0.4, -0.2) is 66.9 Å². The first-order chi connectivity index (χ1) is 11.4. The number of halogens is 2. The minimum absolute atomic E-state index is 0.0864. The van der Waals surface area contributed by atoms with Crippen molar-refractivity contribution < 1.29 is 13.6 Å². The van der Waals surface area contributed by atoms with Gasteiger partial charge < -0.3 is 10.2 Å². The number of carbonyl (C=O) groups excluding carboxylic acids is 1. The van der Waals surface area contributed by atoms with E-state index in [-0.39, 0.29) is 11.8 Å². The fraction of sp³-hybridized carbons (Fsp3) is 0.944. The van der Waals surface area contributed by atoms with E-state index in [0.717, 1.165) is 38.9 Å². The topological polar surface area (TPSA) is 35.6 Å². The molecular formula is C18H31F2N3O. The van der Waals surface area contributed by atoms with E-state index in [1.54, 1.807) is 0 Å². The summed E-state index contributed by atoms with van der Waals surface area (Å²) in [7, 11) is 0. The number of carbonyl (C=O) groups is 1. The number of hydrogen-bond donors (Lipinski definition) is 1. The molecule has 0 aromatic carbocycles. The molecule has 3 heterocycles. The maximum Gasteiger partial charge on any atom is 0.280 e. The van der Waals surface area contributed by atoms with Crippen LogP contribution in [0.15, 0.2) is 0 Å². The Morgan fingerprint density at radius 3 is 2.38 bits per heavy atom. The van der Waals surface area contributed by atoms with Gasteiger partial charge in [0.2, 0.25) is 5.91 Å². The van der Waals surface area contributed by atoms with E-state index >= 15 is 0 Å². The second kappa shape index (κ2) is 7.24. The van der Waals surface area contributed by atoms with Gasteiger partial charge in [-0.15, -0.1) is 0 Å². The van der Waals surface area contributed by atoms with Gasteiger partial charge in [-0.25, -0.2) is 8.78 Å². The van der Waals surface area contributed by atoms with Crippen LogP contribution >= 0.6 is 0 Å². The molecule has 0 radical (unpaired) electrons. The molecule has 2 atom stereocenters. The van der Waals surface area contributed by atoms with Gasteiger partial charge in [-0.3, -0.25) is 9.69 Å². The van der Waals surface area contributed by atoms with Crippen LogP contribution in [0.2, 0.25) is 0 Å². The zero-order valence-corrected chi connectivity index (χ0v) is 14.9. The summed E-state index contributed by atoms with van der Waals surface area (Å²) in [6.45, 7) is 7.49. The molecule has 6 heteroatoms. The van der Waals surface area contributed by atoms with Crippen LogP contribution in [0.4, 0.5) is 8.78 Å². The maximum absolute atomic E-state index is 14.8. The molecule has 0 aromatic rings. The van der Waals surface area contributed by atoms with E-state index < -0.39 is 18.5 Å². The Morgan fingerprint density at radius 1 is 1.12 bits per heavy atom. The summed E-state index contributed by atoms with van der Waals surface area (Å²) in [5, 5.41) is 3.14. The summed E-state index contributed by atoms with van der Waals surface area (Å²) in [4.78, 5) is 15.8. The lowest BCUT2D eigenvalue weighted by Gasteiger charge is -2.46. The van der Waals surface area contributed by atoms with Crippen LogP contribution in [0.1, 0.15) is 39.5 Å². The summed E-state index contributed by atoms with van der Waals surface area (Å²) in [5.74, 6) is -1.71. The minimum Gasteiger partial charge on any atom is -0.336 e. The standard InChI is InChI=1S/C18H31F2N3O/c1-13(2)14-4-8-22(9-5-14)16-6-10-23(12-18(16,19)20)17(24)15-3-7-21-11-15/h13-16,21H,3-12H2,1-2H3/t15-,16?/m1/s1. The van der Waals surface area contributed by atoms with E-state index in [0.29, 0.717) is 31.3 Å². The van der Waals surface area contributed by atoms with Crippen LogP contribution < -0.4 is 5.32 Å². The Labute approximate surface area is 143 Å². The number of nitrogens with one attached hydrogen (secondary N) is 1. The lowest BCUT2D eigenvalue weighted by molar-refractivity contribution is -0.159. The van der Waals surface area contributed by atoms with Gasteiger partial charge in [0, 0.05) is 13.1 Å². The summed E-state index contributed by atoms with van der Waals surface area (Å²) in [6.07, 6.45) is 3.19. The van der Waals surface area contributed by atoms with Crippen molar-refractivity contribution in [2.45, 2.75) is 51.5 Å². The lowest BCUT2D eigenvalue weighted by Crippen LogP contribution is -2.61. The zero-order chi connectivity index (χ0) is 17.3. The fourth-order valence-electron chi connectivity index (χ4n) is 4.59. The summed E-state index contributed by atoms with van der Waals surface area (Å²) >= 11 is 0. The van der Waals surface area contributed by atoms with E-state index in [1.165, 1.54) is 4.90 Å². The Kier molecular flexibility index (Phi) is 5.45. The normalized spacial score (nSPS) is 32.5. The van der Waals surface area contributed by atoms with Crippen LogP contribution in [0, 0.1) is 17.8 Å². The quantitative estimate of drug-likeness (QED) is 0.853. The van der Waals surface area contributed by atoms with Crippen LogP contribution in [0.5, 0.6) is 0 Å². The van der Waals surface area contributed by atoms with Gasteiger partial charge in [0.15, 0.2) is 0 Å². The summed E-state index contributed by atoms with van der Waals surface area (Å²) in [6, 6.07) is -0.698. The molecule has 0 bridgehead atoms. The van der Waals surface area contributed by atoms with Crippen molar-refractivity contribution in [1.29, 1.82) is 0 Å². The molecular weight excluding hydrogens is 312 g/mol. The number of piperidine rings is 2. The predicted molar refractivity (Wildman–Crippen MR) is 90.0 cm³/mol. The number of rotatable bonds is 3. The molecule has 0 aliphatic carbocycles. The van der Waals surface area contributed by atoms with Crippen molar-refractivity contribution in [3.63, 3.8) is 0 Å². The summed E-state index contributed by atoms with van der Waals surface area (Å²) in [5.41, 5.74) is 0. The van der Waals surface area contributed by atoms with Crippen LogP contribution in [0.3, 0.4) is 0 Å². The fourth-order valence-corrected chi connectivity index (χ4v) is 4.59. The van der Waals surface area contributed by atoms with Crippen molar-refractivity contribution in [2.75, 3.05) is 39.3 Å². The Hall–Kier alpha value is -0.750. The molecule has 138 valence electrons. The maximum atomic E-state index is 14.8. The van der Waals surface area contributed by atoms with Crippen molar-refractivity contribution in [1.82, 2.24) is 15.1 Å². The highest BCUT2D eigenvalue weighted by Gasteiger charge is 2.49. The first-order valence-electron chi connectivity index (χ1n) is 9.50. The van der Waals surface area contributed by atoms with Crippen molar-refractivity contribution in [3.8, 4) is 0 Å². The second-order valence-electron chi connectivity index (χ2n) is 8.13. The Balaban J connectivity index is 1.57. The number of hydrogen-bond acceptors (Lipinski definition) is 3. The number of alkyl halides is 2.